The van der Waals surface area contributed by atoms with Crippen LogP contribution in [0.4, 0.5) is 13.2 Å². The Kier molecular flexibility index (Phi) is 4.20. The molecule has 1 aromatic carbocycles. The number of hydrogen-bond acceptors (Lipinski definition) is 4. The lowest BCUT2D eigenvalue weighted by Crippen LogP contribution is -2.08. The lowest BCUT2D eigenvalue weighted by atomic mass is 10.1. The molecule has 0 radical (unpaired) electrons. The van der Waals surface area contributed by atoms with Crippen LogP contribution < -0.4 is 14.2 Å². The Morgan fingerprint density at radius 1 is 1.00 bits per heavy atom. The van der Waals surface area contributed by atoms with Crippen LogP contribution in [0.5, 0.6) is 17.2 Å². The molecule has 0 unspecified atom stereocenters. The van der Waals surface area contributed by atoms with E-state index in [0.29, 0.717) is 5.75 Å². The standard InChI is InChI=1S/C14H15F3N2O3/c1-19-7-18-13(14(15,16)17)11(19)8-5-9(20-2)12(22-4)10(6-8)21-3/h5-7H,1-4H3. The summed E-state index contributed by atoms with van der Waals surface area (Å²) in [6.45, 7) is 0. The largest absolute Gasteiger partial charge is 0.493 e. The molecule has 1 aromatic heterocycles. The highest BCUT2D eigenvalue weighted by Gasteiger charge is 2.37. The lowest BCUT2D eigenvalue weighted by Gasteiger charge is -2.15. The molecule has 8 heteroatoms. The molecule has 22 heavy (non-hydrogen) atoms. The van der Waals surface area contributed by atoms with Gasteiger partial charge in [-0.2, -0.15) is 13.2 Å². The Morgan fingerprint density at radius 2 is 1.55 bits per heavy atom. The number of halogens is 3. The van der Waals surface area contributed by atoms with Crippen LogP contribution in [0.3, 0.4) is 0 Å². The summed E-state index contributed by atoms with van der Waals surface area (Å²) < 4.78 is 56.1. The van der Waals surface area contributed by atoms with Crippen LogP contribution in [0.1, 0.15) is 5.69 Å². The molecular formula is C14H15F3N2O3. The second-order valence-corrected chi connectivity index (χ2v) is 4.46. The molecule has 0 aliphatic carbocycles. The number of hydrogen-bond donors (Lipinski definition) is 0. The number of imidazole rings is 1. The van der Waals surface area contributed by atoms with Crippen molar-refractivity contribution in [1.29, 1.82) is 0 Å². The van der Waals surface area contributed by atoms with Crippen molar-refractivity contribution >= 4 is 0 Å². The van der Waals surface area contributed by atoms with Crippen LogP contribution in [-0.4, -0.2) is 30.9 Å². The van der Waals surface area contributed by atoms with Gasteiger partial charge in [0, 0.05) is 12.6 Å². The maximum absolute atomic E-state index is 13.1. The van der Waals surface area contributed by atoms with Crippen molar-refractivity contribution in [2.24, 2.45) is 7.05 Å². The molecule has 0 fully saturated rings. The van der Waals surface area contributed by atoms with E-state index in [1.165, 1.54) is 45.1 Å². The van der Waals surface area contributed by atoms with E-state index in [0.717, 1.165) is 6.33 Å². The Bertz CT molecular complexity index is 655. The number of methoxy groups -OCH3 is 3. The molecule has 2 aromatic rings. The average molecular weight is 316 g/mol. The molecular weight excluding hydrogens is 301 g/mol. The van der Waals surface area contributed by atoms with E-state index in [2.05, 4.69) is 4.98 Å². The zero-order chi connectivity index (χ0) is 16.5. The molecule has 0 atom stereocenters. The molecule has 1 heterocycles. The molecule has 0 N–H and O–H groups in total. The summed E-state index contributed by atoms with van der Waals surface area (Å²) in [7, 11) is 5.70. The van der Waals surface area contributed by atoms with Gasteiger partial charge in [-0.25, -0.2) is 4.98 Å². The van der Waals surface area contributed by atoms with Crippen LogP contribution in [0.25, 0.3) is 11.3 Å². The van der Waals surface area contributed by atoms with E-state index < -0.39 is 11.9 Å². The zero-order valence-electron chi connectivity index (χ0n) is 12.5. The minimum atomic E-state index is -4.56. The van der Waals surface area contributed by atoms with E-state index in [1.807, 2.05) is 0 Å². The van der Waals surface area contributed by atoms with Crippen molar-refractivity contribution in [3.63, 3.8) is 0 Å². The minimum Gasteiger partial charge on any atom is -0.493 e. The normalized spacial score (nSPS) is 11.4. The van der Waals surface area contributed by atoms with E-state index >= 15 is 0 Å². The first-order valence-corrected chi connectivity index (χ1v) is 6.22. The molecule has 0 bridgehead atoms. The highest BCUT2D eigenvalue weighted by molar-refractivity contribution is 5.71. The van der Waals surface area contributed by atoms with E-state index in [4.69, 9.17) is 14.2 Å². The highest BCUT2D eigenvalue weighted by atomic mass is 19.4. The Morgan fingerprint density at radius 3 is 1.95 bits per heavy atom. The molecule has 0 saturated heterocycles. The van der Waals surface area contributed by atoms with Crippen LogP contribution in [0.2, 0.25) is 0 Å². The summed E-state index contributed by atoms with van der Waals surface area (Å²) in [4.78, 5) is 3.44. The van der Waals surface area contributed by atoms with Gasteiger partial charge in [-0.15, -0.1) is 0 Å². The van der Waals surface area contributed by atoms with Gasteiger partial charge in [0.15, 0.2) is 17.2 Å². The van der Waals surface area contributed by atoms with Crippen molar-refractivity contribution in [1.82, 2.24) is 9.55 Å². The monoisotopic (exact) mass is 316 g/mol. The molecule has 2 rings (SSSR count). The molecule has 0 aliphatic heterocycles. The number of nitrogens with zero attached hydrogens (tertiary/aromatic N) is 2. The molecule has 5 nitrogen and oxygen atoms in total. The summed E-state index contributed by atoms with van der Waals surface area (Å²) >= 11 is 0. The van der Waals surface area contributed by atoms with E-state index in [-0.39, 0.29) is 22.8 Å². The summed E-state index contributed by atoms with van der Waals surface area (Å²) in [5, 5.41) is 0. The van der Waals surface area contributed by atoms with Crippen LogP contribution in [-0.2, 0) is 13.2 Å². The van der Waals surface area contributed by atoms with Gasteiger partial charge in [-0.05, 0) is 12.1 Å². The fourth-order valence-corrected chi connectivity index (χ4v) is 2.20. The van der Waals surface area contributed by atoms with Gasteiger partial charge < -0.3 is 18.8 Å². The van der Waals surface area contributed by atoms with E-state index in [9.17, 15) is 13.2 Å². The Balaban J connectivity index is 2.71. The second-order valence-electron chi connectivity index (χ2n) is 4.46. The topological polar surface area (TPSA) is 45.5 Å². The Labute approximate surface area is 125 Å². The fraction of sp³-hybridized carbons (Fsp3) is 0.357. The first-order valence-electron chi connectivity index (χ1n) is 6.22. The number of ether oxygens (including phenoxy) is 3. The third-order valence-electron chi connectivity index (χ3n) is 3.14. The van der Waals surface area contributed by atoms with E-state index in [1.54, 1.807) is 0 Å². The molecule has 0 spiro atoms. The van der Waals surface area contributed by atoms with Gasteiger partial charge in [0.2, 0.25) is 5.75 Å². The average Bonchev–Trinajstić information content (AvgIpc) is 2.87. The second kappa shape index (κ2) is 5.78. The van der Waals surface area contributed by atoms with Crippen molar-refractivity contribution in [3.8, 4) is 28.5 Å². The van der Waals surface area contributed by atoms with Gasteiger partial charge in [-0.1, -0.05) is 0 Å². The third-order valence-corrected chi connectivity index (χ3v) is 3.14. The van der Waals surface area contributed by atoms with Crippen LogP contribution in [0, 0.1) is 0 Å². The highest BCUT2D eigenvalue weighted by Crippen LogP contribution is 2.43. The number of aryl methyl sites for hydroxylation is 1. The molecule has 0 amide bonds. The number of rotatable bonds is 4. The number of benzene rings is 1. The summed E-state index contributed by atoms with van der Waals surface area (Å²) in [5.41, 5.74) is -0.780. The van der Waals surface area contributed by atoms with Gasteiger partial charge in [0.25, 0.3) is 0 Å². The van der Waals surface area contributed by atoms with Crippen LogP contribution in [0.15, 0.2) is 18.5 Å². The van der Waals surface area contributed by atoms with Gasteiger partial charge >= 0.3 is 6.18 Å². The maximum atomic E-state index is 13.1. The van der Waals surface area contributed by atoms with Crippen molar-refractivity contribution in [2.75, 3.05) is 21.3 Å². The quantitative estimate of drug-likeness (QED) is 0.869. The third kappa shape index (κ3) is 2.68. The van der Waals surface area contributed by atoms with Crippen molar-refractivity contribution in [2.45, 2.75) is 6.18 Å². The van der Waals surface area contributed by atoms with Crippen molar-refractivity contribution in [3.05, 3.63) is 24.2 Å². The fourth-order valence-electron chi connectivity index (χ4n) is 2.20. The van der Waals surface area contributed by atoms with Gasteiger partial charge in [-0.3, -0.25) is 0 Å². The van der Waals surface area contributed by atoms with Gasteiger partial charge in [0.1, 0.15) is 0 Å². The predicted molar refractivity (Wildman–Crippen MR) is 73.3 cm³/mol. The first-order chi connectivity index (χ1) is 10.3. The Hall–Kier alpha value is -2.38. The number of alkyl halides is 3. The summed E-state index contributed by atoms with van der Waals surface area (Å²) in [6.07, 6.45) is -3.45. The lowest BCUT2D eigenvalue weighted by molar-refractivity contribution is -0.140. The number of aromatic nitrogens is 2. The predicted octanol–water partition coefficient (Wildman–Crippen LogP) is 3.13. The molecule has 120 valence electrons. The van der Waals surface area contributed by atoms with Gasteiger partial charge in [0.05, 0.1) is 33.4 Å². The maximum Gasteiger partial charge on any atom is 0.435 e. The summed E-state index contributed by atoms with van der Waals surface area (Å²) in [6, 6.07) is 2.90. The molecule has 0 aliphatic rings. The zero-order valence-corrected chi connectivity index (χ0v) is 12.5. The van der Waals surface area contributed by atoms with Crippen molar-refractivity contribution < 1.29 is 27.4 Å². The SMILES string of the molecule is COc1cc(-c2c(C(F)(F)F)ncn2C)cc(OC)c1OC. The molecule has 0 saturated carbocycles. The first kappa shape index (κ1) is 16.0. The minimum absolute atomic E-state index is 0.0771. The van der Waals surface area contributed by atoms with Crippen LogP contribution >= 0.6 is 0 Å². The smallest absolute Gasteiger partial charge is 0.435 e. The summed E-state index contributed by atoms with van der Waals surface area (Å²) in [5.74, 6) is 0.849.